The summed E-state index contributed by atoms with van der Waals surface area (Å²) in [6, 6.07) is 0. The van der Waals surface area contributed by atoms with E-state index in [4.69, 9.17) is 22.9 Å². The zero-order chi connectivity index (χ0) is 6.83. The molecule has 1 radical (unpaired) electrons. The molecule has 0 amide bonds. The first-order valence-electron chi connectivity index (χ1n) is 2.30. The van der Waals surface area contributed by atoms with Gasteiger partial charge in [-0.25, -0.2) is 0 Å². The van der Waals surface area contributed by atoms with Crippen molar-refractivity contribution in [1.29, 1.82) is 0 Å². The van der Waals surface area contributed by atoms with Crippen molar-refractivity contribution in [3.63, 3.8) is 0 Å². The minimum atomic E-state index is 0. The second-order valence-electron chi connectivity index (χ2n) is 0.943. The van der Waals surface area contributed by atoms with Crippen molar-refractivity contribution in [2.45, 2.75) is 0 Å². The molecule has 63 valence electrons. The van der Waals surface area contributed by atoms with Crippen LogP contribution in [0.1, 0.15) is 0 Å². The third-order valence-corrected chi connectivity index (χ3v) is 0.272. The molecule has 0 fully saturated rings. The van der Waals surface area contributed by atoms with Crippen molar-refractivity contribution < 1.29 is 22.4 Å². The first kappa shape index (κ1) is 16.3. The van der Waals surface area contributed by atoms with Crippen molar-refractivity contribution in [3.8, 4) is 0 Å². The number of hydrogen-bond acceptors (Lipinski definition) is 4. The van der Waals surface area contributed by atoms with E-state index in [2.05, 4.69) is 0 Å². The predicted octanol–water partition coefficient (Wildman–Crippen LogP) is -1.87. The fourth-order valence-electron chi connectivity index (χ4n) is 0. The van der Waals surface area contributed by atoms with Gasteiger partial charge in [0, 0.05) is 22.4 Å². The standard InChI is InChI=1S/2C2H7N2.Au/c2*3-1-2-4;/h2*1H,2-4H2;/q2*-1;. The van der Waals surface area contributed by atoms with E-state index in [9.17, 15) is 0 Å². The van der Waals surface area contributed by atoms with Crippen LogP contribution in [0.2, 0.25) is 0 Å². The van der Waals surface area contributed by atoms with Gasteiger partial charge in [-0.15, -0.1) is 13.1 Å². The molecular weight excluding hydrogens is 301 g/mol. The molecule has 0 heterocycles. The Bertz CT molecular complexity index is 20.5. The van der Waals surface area contributed by atoms with Gasteiger partial charge in [0.2, 0.25) is 0 Å². The summed E-state index contributed by atoms with van der Waals surface area (Å²) in [5.74, 6) is 0. The smallest absolute Gasteiger partial charge is 0 e. The van der Waals surface area contributed by atoms with Gasteiger partial charge in [-0.2, -0.15) is 0 Å². The van der Waals surface area contributed by atoms with Gasteiger partial charge in [-0.05, 0) is 0 Å². The molecule has 0 spiro atoms. The van der Waals surface area contributed by atoms with Crippen LogP contribution in [0.5, 0.6) is 0 Å². The Morgan fingerprint density at radius 2 is 1.00 bits per heavy atom. The maximum absolute atomic E-state index is 4.85. The van der Waals surface area contributed by atoms with E-state index in [1.54, 1.807) is 0 Å². The molecule has 0 bridgehead atoms. The van der Waals surface area contributed by atoms with Crippen molar-refractivity contribution in [3.05, 3.63) is 13.1 Å². The van der Waals surface area contributed by atoms with Crippen LogP contribution in [0.3, 0.4) is 0 Å². The van der Waals surface area contributed by atoms with Crippen molar-refractivity contribution >= 4 is 0 Å². The topological polar surface area (TPSA) is 104 Å². The van der Waals surface area contributed by atoms with Crippen molar-refractivity contribution in [1.82, 2.24) is 0 Å². The molecule has 9 heavy (non-hydrogen) atoms. The summed E-state index contributed by atoms with van der Waals surface area (Å²) in [6.07, 6.45) is 0. The molecule has 0 unspecified atom stereocenters. The van der Waals surface area contributed by atoms with Crippen LogP contribution >= 0.6 is 0 Å². The molecule has 4 nitrogen and oxygen atoms in total. The summed E-state index contributed by atoms with van der Waals surface area (Å²) in [5, 5.41) is 0. The largest absolute Gasteiger partial charge is 0.482 e. The minimum absolute atomic E-state index is 0. The predicted molar refractivity (Wildman–Crippen MR) is 35.1 cm³/mol. The van der Waals surface area contributed by atoms with Crippen molar-refractivity contribution in [2.24, 2.45) is 22.9 Å². The van der Waals surface area contributed by atoms with Crippen LogP contribution in [-0.4, -0.2) is 13.1 Å². The van der Waals surface area contributed by atoms with E-state index in [0.717, 1.165) is 0 Å². The van der Waals surface area contributed by atoms with E-state index < -0.39 is 0 Å². The number of nitrogens with two attached hydrogens (primary N) is 4. The Balaban J connectivity index is -0.0000000720. The Hall–Kier alpha value is 0.580. The van der Waals surface area contributed by atoms with Crippen LogP contribution in [0.4, 0.5) is 0 Å². The van der Waals surface area contributed by atoms with Crippen LogP contribution in [0.15, 0.2) is 0 Å². The van der Waals surface area contributed by atoms with Gasteiger partial charge in [-0.1, -0.05) is 0 Å². The Morgan fingerprint density at radius 3 is 1.00 bits per heavy atom. The molecular formula is C4H14AuN4-2. The van der Waals surface area contributed by atoms with E-state index in [1.807, 2.05) is 0 Å². The minimum Gasteiger partial charge on any atom is -0.482 e. The molecule has 0 aliphatic carbocycles. The van der Waals surface area contributed by atoms with E-state index in [1.165, 1.54) is 13.1 Å². The average Bonchev–Trinajstić information content (AvgIpc) is 1.88. The molecule has 0 saturated heterocycles. The summed E-state index contributed by atoms with van der Waals surface area (Å²) in [7, 11) is 0. The molecule has 0 rings (SSSR count). The summed E-state index contributed by atoms with van der Waals surface area (Å²) >= 11 is 0. The van der Waals surface area contributed by atoms with E-state index in [0.29, 0.717) is 13.1 Å². The molecule has 0 aromatic heterocycles. The third kappa shape index (κ3) is 55.8. The third-order valence-electron chi connectivity index (χ3n) is 0.272. The Labute approximate surface area is 71.8 Å². The van der Waals surface area contributed by atoms with Crippen LogP contribution < -0.4 is 22.9 Å². The number of hydrogen-bond donors (Lipinski definition) is 4. The van der Waals surface area contributed by atoms with Gasteiger partial charge in [-0.3, -0.25) is 13.1 Å². The van der Waals surface area contributed by atoms with Gasteiger partial charge < -0.3 is 22.9 Å². The first-order valence-corrected chi connectivity index (χ1v) is 2.30. The summed E-state index contributed by atoms with van der Waals surface area (Å²) in [6.45, 7) is 3.75. The fourth-order valence-corrected chi connectivity index (χ4v) is 0. The zero-order valence-electron chi connectivity index (χ0n) is 5.18. The van der Waals surface area contributed by atoms with E-state index >= 15 is 0 Å². The van der Waals surface area contributed by atoms with E-state index in [-0.39, 0.29) is 22.4 Å². The molecule has 0 aliphatic heterocycles. The van der Waals surface area contributed by atoms with Gasteiger partial charge in [0.05, 0.1) is 0 Å². The molecule has 0 saturated carbocycles. The molecule has 8 N–H and O–H groups in total. The van der Waals surface area contributed by atoms with Crippen LogP contribution in [-0.2, 0) is 22.4 Å². The maximum atomic E-state index is 4.85. The second kappa shape index (κ2) is 23.5. The monoisotopic (exact) mass is 315 g/mol. The maximum Gasteiger partial charge on any atom is 0 e. The number of rotatable bonds is 2. The molecule has 0 aromatic carbocycles. The normalized spacial score (nSPS) is 6.67. The molecule has 5 heteroatoms. The van der Waals surface area contributed by atoms with Crippen LogP contribution in [0, 0.1) is 13.1 Å². The van der Waals surface area contributed by atoms with Crippen LogP contribution in [0.25, 0.3) is 0 Å². The quantitative estimate of drug-likeness (QED) is 0.354. The summed E-state index contributed by atoms with van der Waals surface area (Å²) < 4.78 is 0. The van der Waals surface area contributed by atoms with Gasteiger partial charge in [0.25, 0.3) is 0 Å². The van der Waals surface area contributed by atoms with Gasteiger partial charge in [0.1, 0.15) is 0 Å². The Kier molecular flexibility index (Phi) is 42.5. The molecule has 0 atom stereocenters. The first-order chi connectivity index (χ1) is 3.83. The summed E-state index contributed by atoms with van der Waals surface area (Å²) in [5.41, 5.74) is 19.2. The fraction of sp³-hybridized carbons (Fsp3) is 0.500. The zero-order valence-corrected chi connectivity index (χ0v) is 7.35. The molecule has 0 aliphatic rings. The average molecular weight is 315 g/mol. The summed E-state index contributed by atoms with van der Waals surface area (Å²) in [4.78, 5) is 0. The second-order valence-corrected chi connectivity index (χ2v) is 0.943. The SMILES string of the molecule is N[CH-]CN.N[CH-]CN.[Au]. The van der Waals surface area contributed by atoms with Crippen molar-refractivity contribution in [2.75, 3.05) is 13.1 Å². The molecule has 0 aromatic rings. The Morgan fingerprint density at radius 1 is 0.889 bits per heavy atom. The van der Waals surface area contributed by atoms with Gasteiger partial charge >= 0.3 is 0 Å². The van der Waals surface area contributed by atoms with Gasteiger partial charge in [0.15, 0.2) is 0 Å².